The number of H-pyrrole nitrogens is 1. The number of rotatable bonds is 3. The number of amides is 1. The number of carbonyl (C=O) groups excluding carboxylic acids is 2. The number of ketones is 1. The molecule has 0 fully saturated rings. The molecule has 3 rings (SSSR count). The maximum Gasteiger partial charge on any atom is 0.245 e. The summed E-state index contributed by atoms with van der Waals surface area (Å²) < 4.78 is 1.37. The molecule has 0 aliphatic rings. The van der Waals surface area contributed by atoms with Gasteiger partial charge in [-0.3, -0.25) is 14.7 Å². The van der Waals surface area contributed by atoms with Crippen molar-refractivity contribution in [2.45, 2.75) is 13.8 Å². The van der Waals surface area contributed by atoms with Gasteiger partial charge in [-0.05, 0) is 17.7 Å². The Morgan fingerprint density at radius 2 is 1.96 bits per heavy atom. The van der Waals surface area contributed by atoms with Crippen LogP contribution in [0.3, 0.4) is 0 Å². The molecule has 0 saturated carbocycles. The number of aromatic amines is 1. The number of hydrogen-bond donors (Lipinski definition) is 1. The summed E-state index contributed by atoms with van der Waals surface area (Å²) in [6, 6.07) is 9.02. The molecule has 0 saturated heterocycles. The van der Waals surface area contributed by atoms with E-state index in [1.165, 1.54) is 18.5 Å². The topological polar surface area (TPSA) is 93.0 Å². The maximum absolute atomic E-state index is 11.6. The molecular formula is C15H12ClN5O2S. The first-order valence-corrected chi connectivity index (χ1v) is 8.11. The van der Waals surface area contributed by atoms with Crippen molar-refractivity contribution >= 4 is 34.6 Å². The van der Waals surface area contributed by atoms with Crippen molar-refractivity contribution in [2.24, 2.45) is 4.99 Å². The van der Waals surface area contributed by atoms with E-state index in [0.29, 0.717) is 15.6 Å². The molecule has 0 radical (unpaired) electrons. The minimum atomic E-state index is -0.379. The summed E-state index contributed by atoms with van der Waals surface area (Å²) in [5, 5.41) is 12.2. The number of nitrogens with zero attached hydrogens (tertiary/aromatic N) is 4. The number of carbonyl (C=O) groups is 2. The molecule has 24 heavy (non-hydrogen) atoms. The maximum atomic E-state index is 11.6. The second-order valence-electron chi connectivity index (χ2n) is 4.94. The molecule has 0 aliphatic carbocycles. The molecule has 0 atom stereocenters. The molecule has 2 aromatic heterocycles. The molecule has 1 aromatic carbocycles. The second-order valence-corrected chi connectivity index (χ2v) is 6.33. The smallest absolute Gasteiger partial charge is 0.245 e. The third kappa shape index (κ3) is 3.34. The Balaban J connectivity index is 2.08. The van der Waals surface area contributed by atoms with Gasteiger partial charge in [-0.2, -0.15) is 14.8 Å². The van der Waals surface area contributed by atoms with Crippen LogP contribution in [0.4, 0.5) is 0 Å². The van der Waals surface area contributed by atoms with E-state index < -0.39 is 0 Å². The van der Waals surface area contributed by atoms with Crippen molar-refractivity contribution in [1.29, 1.82) is 0 Å². The molecule has 3 aromatic rings. The van der Waals surface area contributed by atoms with Crippen LogP contribution in [0.1, 0.15) is 23.6 Å². The fourth-order valence-corrected chi connectivity index (χ4v) is 2.94. The lowest BCUT2D eigenvalue weighted by Crippen LogP contribution is -2.16. The zero-order chi connectivity index (χ0) is 17.3. The van der Waals surface area contributed by atoms with E-state index >= 15 is 0 Å². The van der Waals surface area contributed by atoms with E-state index in [2.05, 4.69) is 20.3 Å². The lowest BCUT2D eigenvalue weighted by Gasteiger charge is -1.96. The van der Waals surface area contributed by atoms with Crippen molar-refractivity contribution in [3.8, 4) is 17.1 Å². The number of halogens is 1. The van der Waals surface area contributed by atoms with Crippen LogP contribution in [0.5, 0.6) is 0 Å². The van der Waals surface area contributed by atoms with Gasteiger partial charge in [0.05, 0.1) is 5.69 Å². The average Bonchev–Trinajstić information content (AvgIpc) is 3.14. The predicted molar refractivity (Wildman–Crippen MR) is 90.3 cm³/mol. The molecule has 122 valence electrons. The Kier molecular flexibility index (Phi) is 4.41. The van der Waals surface area contributed by atoms with E-state index in [0.717, 1.165) is 22.6 Å². The van der Waals surface area contributed by atoms with Crippen LogP contribution in [-0.4, -0.2) is 31.7 Å². The number of hydrogen-bond acceptors (Lipinski definition) is 5. The van der Waals surface area contributed by atoms with Crippen LogP contribution in [0.25, 0.3) is 17.1 Å². The standard InChI is InChI=1S/C15H12ClN5O2S/c1-8(22)14-20-21(15(24-14)17-9(2)23)13-7-12(18-19-13)10-3-5-11(16)6-4-10/h3-7H,1-2H3,(H,18,19). The van der Waals surface area contributed by atoms with Gasteiger partial charge >= 0.3 is 0 Å². The lowest BCUT2D eigenvalue weighted by molar-refractivity contribution is -0.116. The molecule has 1 amide bonds. The van der Waals surface area contributed by atoms with Crippen LogP contribution >= 0.6 is 22.9 Å². The number of nitrogens with one attached hydrogen (secondary N) is 1. The molecular weight excluding hydrogens is 350 g/mol. The first kappa shape index (κ1) is 16.3. The summed E-state index contributed by atoms with van der Waals surface area (Å²) in [6.07, 6.45) is 0. The largest absolute Gasteiger partial charge is 0.292 e. The molecule has 7 nitrogen and oxygen atoms in total. The van der Waals surface area contributed by atoms with Crippen molar-refractivity contribution in [3.05, 3.63) is 45.2 Å². The van der Waals surface area contributed by atoms with Crippen molar-refractivity contribution in [1.82, 2.24) is 20.0 Å². The summed E-state index contributed by atoms with van der Waals surface area (Å²) >= 11 is 6.93. The third-order valence-electron chi connectivity index (χ3n) is 3.05. The van der Waals surface area contributed by atoms with Crippen LogP contribution in [0.15, 0.2) is 35.3 Å². The van der Waals surface area contributed by atoms with E-state index in [9.17, 15) is 9.59 Å². The number of aromatic nitrogens is 4. The van der Waals surface area contributed by atoms with Gasteiger partial charge in [-0.15, -0.1) is 5.10 Å². The number of benzene rings is 1. The highest BCUT2D eigenvalue weighted by molar-refractivity contribution is 7.11. The molecule has 9 heteroatoms. The highest BCUT2D eigenvalue weighted by Crippen LogP contribution is 2.21. The van der Waals surface area contributed by atoms with Gasteiger partial charge in [0.1, 0.15) is 0 Å². The zero-order valence-corrected chi connectivity index (χ0v) is 14.4. The van der Waals surface area contributed by atoms with Gasteiger partial charge in [0.15, 0.2) is 16.6 Å². The summed E-state index contributed by atoms with van der Waals surface area (Å²) in [5.41, 5.74) is 1.64. The lowest BCUT2D eigenvalue weighted by atomic mass is 10.1. The Morgan fingerprint density at radius 1 is 1.25 bits per heavy atom. The SMILES string of the molecule is CC(=O)N=c1sc(C(C)=O)nn1-c1cc(-c2ccc(Cl)cc2)[nH]n1. The zero-order valence-electron chi connectivity index (χ0n) is 12.8. The molecule has 0 spiro atoms. The predicted octanol–water partition coefficient (Wildman–Crippen LogP) is 2.63. The quantitative estimate of drug-likeness (QED) is 0.726. The average molecular weight is 362 g/mol. The minimum Gasteiger partial charge on any atom is -0.292 e. The van der Waals surface area contributed by atoms with Gasteiger partial charge in [0, 0.05) is 24.9 Å². The summed E-state index contributed by atoms with van der Waals surface area (Å²) in [4.78, 5) is 27.0. The first-order valence-electron chi connectivity index (χ1n) is 6.92. The molecule has 1 N–H and O–H groups in total. The molecule has 0 unspecified atom stereocenters. The Bertz CT molecular complexity index is 984. The third-order valence-corrected chi connectivity index (χ3v) is 4.31. The van der Waals surface area contributed by atoms with Gasteiger partial charge in [0.2, 0.25) is 10.7 Å². The Morgan fingerprint density at radius 3 is 2.58 bits per heavy atom. The normalized spacial score (nSPS) is 11.7. The van der Waals surface area contributed by atoms with Gasteiger partial charge in [-0.25, -0.2) is 0 Å². The van der Waals surface area contributed by atoms with Crippen LogP contribution in [-0.2, 0) is 4.79 Å². The molecule has 0 bridgehead atoms. The molecule has 2 heterocycles. The molecule has 0 aliphatic heterocycles. The highest BCUT2D eigenvalue weighted by Gasteiger charge is 2.14. The monoisotopic (exact) mass is 361 g/mol. The Hall–Kier alpha value is -2.58. The number of Topliss-reactive ketones (excluding diaryl/α,β-unsaturated/α-hetero) is 1. The van der Waals surface area contributed by atoms with Gasteiger partial charge < -0.3 is 0 Å². The summed E-state index contributed by atoms with van der Waals surface area (Å²) in [5.74, 6) is -0.146. The summed E-state index contributed by atoms with van der Waals surface area (Å²) in [6.45, 7) is 2.74. The van der Waals surface area contributed by atoms with E-state index in [4.69, 9.17) is 11.6 Å². The fourth-order valence-electron chi connectivity index (χ4n) is 1.98. The van der Waals surface area contributed by atoms with E-state index in [1.54, 1.807) is 18.2 Å². The minimum absolute atomic E-state index is 0.202. The highest BCUT2D eigenvalue weighted by atomic mass is 35.5. The van der Waals surface area contributed by atoms with Crippen LogP contribution in [0, 0.1) is 0 Å². The van der Waals surface area contributed by atoms with Crippen molar-refractivity contribution in [3.63, 3.8) is 0 Å². The Labute approximate surface area is 145 Å². The van der Waals surface area contributed by atoms with E-state index in [1.807, 2.05) is 12.1 Å². The van der Waals surface area contributed by atoms with Gasteiger partial charge in [0.25, 0.3) is 0 Å². The fraction of sp³-hybridized carbons (Fsp3) is 0.133. The van der Waals surface area contributed by atoms with Crippen molar-refractivity contribution in [2.75, 3.05) is 0 Å². The van der Waals surface area contributed by atoms with Crippen LogP contribution in [0.2, 0.25) is 5.02 Å². The van der Waals surface area contributed by atoms with Crippen molar-refractivity contribution < 1.29 is 9.59 Å². The van der Waals surface area contributed by atoms with Crippen LogP contribution < -0.4 is 4.80 Å². The van der Waals surface area contributed by atoms with Gasteiger partial charge in [-0.1, -0.05) is 35.1 Å². The first-order chi connectivity index (χ1) is 11.4. The summed E-state index contributed by atoms with van der Waals surface area (Å²) in [7, 11) is 0. The van der Waals surface area contributed by atoms with E-state index in [-0.39, 0.29) is 16.7 Å². The second kappa shape index (κ2) is 6.50.